The number of piperidine rings is 2. The van der Waals surface area contributed by atoms with Gasteiger partial charge in [0.15, 0.2) is 0 Å². The van der Waals surface area contributed by atoms with Crippen LogP contribution in [0.2, 0.25) is 0 Å². The Bertz CT molecular complexity index is 1170. The van der Waals surface area contributed by atoms with E-state index in [-0.39, 0.29) is 28.7 Å². The van der Waals surface area contributed by atoms with Crippen LogP contribution in [0.5, 0.6) is 11.5 Å². The van der Waals surface area contributed by atoms with E-state index in [2.05, 4.69) is 0 Å². The van der Waals surface area contributed by atoms with Crippen molar-refractivity contribution in [3.05, 3.63) is 70.8 Å². The van der Waals surface area contributed by atoms with Gasteiger partial charge in [0.05, 0.1) is 0 Å². The molecule has 212 valence electrons. The van der Waals surface area contributed by atoms with E-state index >= 15 is 0 Å². The number of amides is 2. The number of hydrogen-bond acceptors (Lipinski definition) is 4. The predicted octanol–water partition coefficient (Wildman–Crippen LogP) is 6.40. The molecular formula is C34H42N2O4. The maximum Gasteiger partial charge on any atom is 0.246 e. The van der Waals surface area contributed by atoms with Crippen molar-refractivity contribution in [1.82, 2.24) is 9.80 Å². The number of carbonyl (C=O) groups is 2. The van der Waals surface area contributed by atoms with Crippen LogP contribution < -0.4 is 0 Å². The summed E-state index contributed by atoms with van der Waals surface area (Å²) in [6.07, 6.45) is 18.4. The molecule has 6 heteroatoms. The van der Waals surface area contributed by atoms with Crippen LogP contribution in [0.3, 0.4) is 0 Å². The highest BCUT2D eigenvalue weighted by Gasteiger charge is 2.36. The Morgan fingerprint density at radius 1 is 0.600 bits per heavy atom. The molecule has 6 nitrogen and oxygen atoms in total. The number of phenols is 2. The van der Waals surface area contributed by atoms with Gasteiger partial charge in [-0.2, -0.15) is 0 Å². The monoisotopic (exact) mass is 542 g/mol. The van der Waals surface area contributed by atoms with Gasteiger partial charge in [-0.05, 0) is 98.9 Å². The summed E-state index contributed by atoms with van der Waals surface area (Å²) in [5.41, 5.74) is 3.19. The molecule has 1 saturated carbocycles. The van der Waals surface area contributed by atoms with Crippen LogP contribution in [-0.2, 0) is 15.0 Å². The van der Waals surface area contributed by atoms with Gasteiger partial charge in [0, 0.05) is 54.9 Å². The molecule has 2 N–H and O–H groups in total. The smallest absolute Gasteiger partial charge is 0.246 e. The van der Waals surface area contributed by atoms with E-state index in [9.17, 15) is 19.8 Å². The fraction of sp³-hybridized carbons (Fsp3) is 0.471. The van der Waals surface area contributed by atoms with Crippen LogP contribution in [0.15, 0.2) is 48.6 Å². The number of hydrogen-bond donors (Lipinski definition) is 2. The van der Waals surface area contributed by atoms with Crippen molar-refractivity contribution < 1.29 is 19.8 Å². The van der Waals surface area contributed by atoms with Gasteiger partial charge < -0.3 is 20.0 Å². The normalized spacial score (nSPS) is 19.8. The molecule has 0 bridgehead atoms. The Hall–Kier alpha value is -3.54. The molecule has 2 aliphatic heterocycles. The molecule has 0 atom stereocenters. The van der Waals surface area contributed by atoms with Crippen LogP contribution in [0.4, 0.5) is 0 Å². The molecule has 2 aromatic carbocycles. The second-order valence-corrected chi connectivity index (χ2v) is 11.6. The number of phenolic OH excluding ortho intramolecular Hbond substituents is 2. The summed E-state index contributed by atoms with van der Waals surface area (Å²) >= 11 is 0. The fourth-order valence-corrected chi connectivity index (χ4v) is 6.63. The molecule has 0 aromatic heterocycles. The Morgan fingerprint density at radius 3 is 1.43 bits per heavy atom. The summed E-state index contributed by atoms with van der Waals surface area (Å²) in [7, 11) is 0. The van der Waals surface area contributed by atoms with Gasteiger partial charge in [0.25, 0.3) is 0 Å². The summed E-state index contributed by atoms with van der Waals surface area (Å²) in [6.45, 7) is 3.16. The van der Waals surface area contributed by atoms with E-state index in [4.69, 9.17) is 0 Å². The molecule has 2 saturated heterocycles. The lowest BCUT2D eigenvalue weighted by atomic mass is 9.65. The SMILES string of the molecule is O=C(C=Cc1cc(C2(c3ccc(O)c(C=CC(=O)N4CCCCC4)c3)CCCCC2)ccc1O)N1CCCCC1. The van der Waals surface area contributed by atoms with Crippen molar-refractivity contribution in [1.29, 1.82) is 0 Å². The van der Waals surface area contributed by atoms with Gasteiger partial charge in [-0.25, -0.2) is 0 Å². The van der Waals surface area contributed by atoms with Crippen molar-refractivity contribution >= 4 is 24.0 Å². The van der Waals surface area contributed by atoms with E-state index in [1.54, 1.807) is 36.4 Å². The van der Waals surface area contributed by atoms with Crippen LogP contribution in [0.25, 0.3) is 12.2 Å². The summed E-state index contributed by atoms with van der Waals surface area (Å²) in [5, 5.41) is 21.3. The third-order valence-corrected chi connectivity index (χ3v) is 9.01. The maximum atomic E-state index is 12.7. The molecule has 0 radical (unpaired) electrons. The second kappa shape index (κ2) is 12.8. The Balaban J connectivity index is 1.43. The molecule has 5 rings (SSSR count). The summed E-state index contributed by atoms with van der Waals surface area (Å²) in [4.78, 5) is 29.2. The van der Waals surface area contributed by atoms with E-state index in [1.807, 2.05) is 34.1 Å². The standard InChI is InChI=1S/C34H42N2O4/c37-30-14-12-28(24-26(30)10-16-32(39)35-20-6-2-7-21-35)34(18-4-1-5-19-34)29-13-15-31(38)27(25-29)11-17-33(40)36-22-8-3-9-23-36/h10-17,24-25,37-38H,1-9,18-23H2. The van der Waals surface area contributed by atoms with Crippen LogP contribution >= 0.6 is 0 Å². The lowest BCUT2D eigenvalue weighted by Crippen LogP contribution is -2.34. The highest BCUT2D eigenvalue weighted by Crippen LogP contribution is 2.46. The molecule has 3 aliphatic rings. The molecule has 2 aromatic rings. The van der Waals surface area contributed by atoms with Gasteiger partial charge in [-0.3, -0.25) is 9.59 Å². The minimum absolute atomic E-state index is 0.00838. The Kier molecular flexibility index (Phi) is 8.93. The number of nitrogens with zero attached hydrogens (tertiary/aromatic N) is 2. The van der Waals surface area contributed by atoms with Crippen molar-refractivity contribution in [3.63, 3.8) is 0 Å². The first-order chi connectivity index (χ1) is 19.5. The number of carbonyl (C=O) groups excluding carboxylic acids is 2. The number of aromatic hydroxyl groups is 2. The maximum absolute atomic E-state index is 12.7. The third kappa shape index (κ3) is 6.27. The zero-order valence-electron chi connectivity index (χ0n) is 23.5. The number of rotatable bonds is 6. The van der Waals surface area contributed by atoms with Gasteiger partial charge in [0.1, 0.15) is 11.5 Å². The minimum Gasteiger partial charge on any atom is -0.507 e. The first-order valence-corrected chi connectivity index (χ1v) is 15.1. The topological polar surface area (TPSA) is 81.1 Å². The molecule has 3 fully saturated rings. The summed E-state index contributed by atoms with van der Waals surface area (Å²) in [6, 6.07) is 11.5. The molecule has 0 unspecified atom stereocenters. The lowest BCUT2D eigenvalue weighted by Gasteiger charge is -2.39. The molecule has 2 heterocycles. The quantitative estimate of drug-likeness (QED) is 0.414. The number of likely N-dealkylation sites (tertiary alicyclic amines) is 2. The van der Waals surface area contributed by atoms with Gasteiger partial charge in [0.2, 0.25) is 11.8 Å². The average molecular weight is 543 g/mol. The molecular weight excluding hydrogens is 500 g/mol. The molecule has 2 amide bonds. The first kappa shape index (κ1) is 28.0. The Labute approximate surface area is 238 Å². The molecule has 40 heavy (non-hydrogen) atoms. The van der Waals surface area contributed by atoms with Gasteiger partial charge in [-0.15, -0.1) is 0 Å². The van der Waals surface area contributed by atoms with Gasteiger partial charge in [-0.1, -0.05) is 31.4 Å². The van der Waals surface area contributed by atoms with Crippen LogP contribution in [0, 0.1) is 0 Å². The van der Waals surface area contributed by atoms with Crippen molar-refractivity contribution in [2.24, 2.45) is 0 Å². The highest BCUT2D eigenvalue weighted by molar-refractivity contribution is 5.93. The van der Waals surface area contributed by atoms with Crippen molar-refractivity contribution in [2.75, 3.05) is 26.2 Å². The second-order valence-electron chi connectivity index (χ2n) is 11.6. The largest absolute Gasteiger partial charge is 0.507 e. The van der Waals surface area contributed by atoms with Crippen molar-refractivity contribution in [3.8, 4) is 11.5 Å². The summed E-state index contributed by atoms with van der Waals surface area (Å²) in [5.74, 6) is 0.294. The average Bonchev–Trinajstić information content (AvgIpc) is 3.01. The van der Waals surface area contributed by atoms with Crippen molar-refractivity contribution in [2.45, 2.75) is 76.0 Å². The van der Waals surface area contributed by atoms with Crippen LogP contribution in [-0.4, -0.2) is 58.0 Å². The zero-order chi connectivity index (χ0) is 28.0. The molecule has 1 aliphatic carbocycles. The summed E-state index contributed by atoms with van der Waals surface area (Å²) < 4.78 is 0. The first-order valence-electron chi connectivity index (χ1n) is 15.1. The van der Waals surface area contributed by atoms with Crippen LogP contribution in [0.1, 0.15) is 92.9 Å². The van der Waals surface area contributed by atoms with E-state index in [1.165, 1.54) is 19.3 Å². The van der Waals surface area contributed by atoms with E-state index < -0.39 is 0 Å². The molecule has 0 spiro atoms. The predicted molar refractivity (Wildman–Crippen MR) is 159 cm³/mol. The van der Waals surface area contributed by atoms with E-state index in [0.29, 0.717) is 11.1 Å². The lowest BCUT2D eigenvalue weighted by molar-refractivity contribution is -0.127. The Morgan fingerprint density at radius 2 is 1.00 bits per heavy atom. The highest BCUT2D eigenvalue weighted by atomic mass is 16.3. The number of benzene rings is 2. The zero-order valence-corrected chi connectivity index (χ0v) is 23.5. The van der Waals surface area contributed by atoms with E-state index in [0.717, 1.165) is 88.7 Å². The minimum atomic E-state index is -0.279. The fourth-order valence-electron chi connectivity index (χ4n) is 6.63. The van der Waals surface area contributed by atoms with Gasteiger partial charge >= 0.3 is 0 Å². The third-order valence-electron chi connectivity index (χ3n) is 9.01.